The van der Waals surface area contributed by atoms with Crippen LogP contribution in [0.3, 0.4) is 0 Å². The molecule has 0 spiro atoms. The monoisotopic (exact) mass is 352 g/mol. The molecular formula is C20H17FN2O3. The number of nitrogens with zero attached hydrogens (tertiary/aromatic N) is 2. The number of ketones is 1. The summed E-state index contributed by atoms with van der Waals surface area (Å²) in [6.45, 7) is 3.46. The van der Waals surface area contributed by atoms with Crippen LogP contribution in [0.5, 0.6) is 0 Å². The molecule has 5 nitrogen and oxygen atoms in total. The van der Waals surface area contributed by atoms with E-state index in [2.05, 4.69) is 5.10 Å². The zero-order valence-corrected chi connectivity index (χ0v) is 14.4. The van der Waals surface area contributed by atoms with Crippen LogP contribution in [0.1, 0.15) is 34.7 Å². The average molecular weight is 352 g/mol. The number of rotatable bonds is 5. The molecule has 2 aromatic carbocycles. The van der Waals surface area contributed by atoms with E-state index in [1.807, 2.05) is 0 Å². The van der Waals surface area contributed by atoms with E-state index in [0.717, 1.165) is 5.56 Å². The molecule has 0 atom stereocenters. The van der Waals surface area contributed by atoms with Gasteiger partial charge in [-0.25, -0.2) is 13.9 Å². The molecule has 3 aromatic rings. The number of ether oxygens (including phenoxy) is 1. The van der Waals surface area contributed by atoms with Gasteiger partial charge >= 0.3 is 5.97 Å². The van der Waals surface area contributed by atoms with E-state index in [4.69, 9.17) is 4.74 Å². The Hall–Kier alpha value is -3.28. The number of carbonyl (C=O) groups is 2. The Morgan fingerprint density at radius 2 is 1.73 bits per heavy atom. The number of carbonyl (C=O) groups excluding carboxylic acids is 2. The normalized spacial score (nSPS) is 10.6. The Balaban J connectivity index is 2.10. The van der Waals surface area contributed by atoms with Gasteiger partial charge in [-0.3, -0.25) is 4.79 Å². The molecule has 1 aromatic heterocycles. The highest BCUT2D eigenvalue weighted by Crippen LogP contribution is 2.25. The van der Waals surface area contributed by atoms with Gasteiger partial charge in [0, 0.05) is 11.1 Å². The molecule has 0 aliphatic carbocycles. The lowest BCUT2D eigenvalue weighted by molar-refractivity contribution is 0.0519. The second kappa shape index (κ2) is 7.31. The summed E-state index contributed by atoms with van der Waals surface area (Å²) in [7, 11) is 0. The van der Waals surface area contributed by atoms with Crippen LogP contribution in [-0.4, -0.2) is 28.1 Å². The van der Waals surface area contributed by atoms with Crippen molar-refractivity contribution in [1.82, 2.24) is 9.78 Å². The summed E-state index contributed by atoms with van der Waals surface area (Å²) in [4.78, 5) is 23.5. The highest BCUT2D eigenvalue weighted by molar-refractivity contribution is 5.94. The molecule has 0 saturated heterocycles. The van der Waals surface area contributed by atoms with Crippen molar-refractivity contribution in [2.24, 2.45) is 0 Å². The third kappa shape index (κ3) is 3.54. The van der Waals surface area contributed by atoms with Crippen molar-refractivity contribution >= 4 is 11.8 Å². The molecule has 0 N–H and O–H groups in total. The van der Waals surface area contributed by atoms with Gasteiger partial charge in [0.15, 0.2) is 11.5 Å². The Morgan fingerprint density at radius 1 is 1.08 bits per heavy atom. The average Bonchev–Trinajstić information content (AvgIpc) is 3.08. The van der Waals surface area contributed by atoms with Gasteiger partial charge in [0.05, 0.1) is 18.0 Å². The van der Waals surface area contributed by atoms with Gasteiger partial charge in [-0.2, -0.15) is 5.10 Å². The molecule has 0 aliphatic rings. The molecule has 3 rings (SSSR count). The standard InChI is InChI=1S/C20H17FN2O3/c1-3-26-20(25)18-12-19(15-6-4-14(5-7-15)13(2)24)23(22-18)17-10-8-16(21)9-11-17/h4-12H,3H2,1-2H3. The molecule has 1 heterocycles. The first-order chi connectivity index (χ1) is 12.5. The molecule has 0 bridgehead atoms. The summed E-state index contributed by atoms with van der Waals surface area (Å²) in [6.07, 6.45) is 0. The molecule has 132 valence electrons. The third-order valence-electron chi connectivity index (χ3n) is 3.85. The first-order valence-electron chi connectivity index (χ1n) is 8.14. The van der Waals surface area contributed by atoms with Gasteiger partial charge in [-0.05, 0) is 44.2 Å². The molecular weight excluding hydrogens is 335 g/mol. The summed E-state index contributed by atoms with van der Waals surface area (Å²) >= 11 is 0. The third-order valence-corrected chi connectivity index (χ3v) is 3.85. The summed E-state index contributed by atoms with van der Waals surface area (Å²) in [5, 5.41) is 4.32. The quantitative estimate of drug-likeness (QED) is 0.513. The van der Waals surface area contributed by atoms with Gasteiger partial charge in [-0.1, -0.05) is 24.3 Å². The van der Waals surface area contributed by atoms with Crippen LogP contribution in [0.15, 0.2) is 54.6 Å². The zero-order valence-electron chi connectivity index (χ0n) is 14.4. The Labute approximate surface area is 150 Å². The second-order valence-corrected chi connectivity index (χ2v) is 5.66. The number of Topliss-reactive ketones (excluding diaryl/α,β-unsaturated/α-hetero) is 1. The van der Waals surface area contributed by atoms with Gasteiger partial charge in [0.25, 0.3) is 0 Å². The van der Waals surface area contributed by atoms with Crippen molar-refractivity contribution in [2.45, 2.75) is 13.8 Å². The smallest absolute Gasteiger partial charge is 0.358 e. The minimum Gasteiger partial charge on any atom is -0.461 e. The highest BCUT2D eigenvalue weighted by atomic mass is 19.1. The lowest BCUT2D eigenvalue weighted by atomic mass is 10.1. The zero-order chi connectivity index (χ0) is 18.7. The van der Waals surface area contributed by atoms with Crippen LogP contribution in [-0.2, 0) is 4.74 Å². The fourth-order valence-electron chi connectivity index (χ4n) is 2.55. The summed E-state index contributed by atoms with van der Waals surface area (Å²) in [5.41, 5.74) is 2.75. The van der Waals surface area contributed by atoms with Gasteiger partial charge in [0.2, 0.25) is 0 Å². The predicted octanol–water partition coefficient (Wildman–Crippen LogP) is 4.06. The molecule has 26 heavy (non-hydrogen) atoms. The number of hydrogen-bond donors (Lipinski definition) is 0. The maximum Gasteiger partial charge on any atom is 0.358 e. The van der Waals surface area contributed by atoms with Crippen molar-refractivity contribution in [2.75, 3.05) is 6.61 Å². The number of esters is 1. The lowest BCUT2D eigenvalue weighted by Crippen LogP contribution is -2.06. The number of benzene rings is 2. The maximum atomic E-state index is 13.2. The topological polar surface area (TPSA) is 61.2 Å². The molecule has 0 aliphatic heterocycles. The van der Waals surface area contributed by atoms with Gasteiger partial charge in [0.1, 0.15) is 5.82 Å². The first-order valence-corrected chi connectivity index (χ1v) is 8.14. The fourth-order valence-corrected chi connectivity index (χ4v) is 2.55. The van der Waals surface area contributed by atoms with Gasteiger partial charge < -0.3 is 4.74 Å². The predicted molar refractivity (Wildman–Crippen MR) is 94.9 cm³/mol. The number of halogens is 1. The van der Waals surface area contributed by atoms with Crippen LogP contribution in [0, 0.1) is 5.82 Å². The minimum absolute atomic E-state index is 0.0317. The molecule has 0 unspecified atom stereocenters. The number of hydrogen-bond acceptors (Lipinski definition) is 4. The molecule has 0 radical (unpaired) electrons. The second-order valence-electron chi connectivity index (χ2n) is 5.66. The summed E-state index contributed by atoms with van der Waals surface area (Å²) < 4.78 is 19.8. The van der Waals surface area contributed by atoms with E-state index in [0.29, 0.717) is 16.9 Å². The van der Waals surface area contributed by atoms with Crippen molar-refractivity contribution in [1.29, 1.82) is 0 Å². The SMILES string of the molecule is CCOC(=O)c1cc(-c2ccc(C(C)=O)cc2)n(-c2ccc(F)cc2)n1. The van der Waals surface area contributed by atoms with Crippen molar-refractivity contribution in [3.63, 3.8) is 0 Å². The number of aromatic nitrogens is 2. The maximum absolute atomic E-state index is 13.2. The van der Waals surface area contributed by atoms with E-state index >= 15 is 0 Å². The molecule has 6 heteroatoms. The van der Waals surface area contributed by atoms with Gasteiger partial charge in [-0.15, -0.1) is 0 Å². The lowest BCUT2D eigenvalue weighted by Gasteiger charge is -2.08. The van der Waals surface area contributed by atoms with E-state index in [9.17, 15) is 14.0 Å². The first kappa shape index (κ1) is 17.5. The van der Waals surface area contributed by atoms with E-state index in [1.165, 1.54) is 19.1 Å². The summed E-state index contributed by atoms with van der Waals surface area (Å²) in [6, 6.07) is 14.4. The molecule has 0 saturated carbocycles. The van der Waals surface area contributed by atoms with Crippen LogP contribution < -0.4 is 0 Å². The van der Waals surface area contributed by atoms with Crippen LogP contribution in [0.25, 0.3) is 16.9 Å². The molecule has 0 fully saturated rings. The van der Waals surface area contributed by atoms with Crippen molar-refractivity contribution in [3.8, 4) is 16.9 Å². The van der Waals surface area contributed by atoms with E-state index in [-0.39, 0.29) is 23.9 Å². The largest absolute Gasteiger partial charge is 0.461 e. The Bertz CT molecular complexity index is 944. The van der Waals surface area contributed by atoms with Crippen LogP contribution >= 0.6 is 0 Å². The Kier molecular flexibility index (Phi) is 4.93. The van der Waals surface area contributed by atoms with Crippen molar-refractivity contribution < 1.29 is 18.7 Å². The Morgan fingerprint density at radius 3 is 2.31 bits per heavy atom. The fraction of sp³-hybridized carbons (Fsp3) is 0.150. The highest BCUT2D eigenvalue weighted by Gasteiger charge is 2.18. The summed E-state index contributed by atoms with van der Waals surface area (Å²) in [5.74, 6) is -0.926. The minimum atomic E-state index is -0.532. The molecule has 0 amide bonds. The van der Waals surface area contributed by atoms with E-state index < -0.39 is 5.97 Å². The van der Waals surface area contributed by atoms with Crippen LogP contribution in [0.4, 0.5) is 4.39 Å². The van der Waals surface area contributed by atoms with Crippen molar-refractivity contribution in [3.05, 3.63) is 71.7 Å². The van der Waals surface area contributed by atoms with E-state index in [1.54, 1.807) is 54.1 Å². The van der Waals surface area contributed by atoms with Crippen LogP contribution in [0.2, 0.25) is 0 Å².